The minimum Gasteiger partial charge on any atom is -0.507 e. The number of hydrogen-bond acceptors (Lipinski definition) is 5. The van der Waals surface area contributed by atoms with Crippen molar-refractivity contribution in [2.45, 2.75) is 28.9 Å². The second kappa shape index (κ2) is 6.35. The lowest BCUT2D eigenvalue weighted by molar-refractivity contribution is 0.0739. The zero-order chi connectivity index (χ0) is 20.3. The Morgan fingerprint density at radius 2 is 1.93 bits per heavy atom. The van der Waals surface area contributed by atoms with Crippen molar-refractivity contribution in [3.8, 4) is 5.75 Å². The normalized spacial score (nSPS) is 16.4. The van der Waals surface area contributed by atoms with E-state index in [1.165, 1.54) is 17.8 Å². The van der Waals surface area contributed by atoms with E-state index in [4.69, 9.17) is 11.6 Å². The number of rotatable bonds is 3. The maximum Gasteiger partial charge on any atom is 0.377 e. The molecule has 2 aromatic carbocycles. The molecule has 1 amide bonds. The number of aromatic hydroxyl groups is 1. The van der Waals surface area contributed by atoms with Crippen molar-refractivity contribution in [3.05, 3.63) is 45.5 Å². The molecule has 1 aliphatic heterocycles. The molecule has 0 unspecified atom stereocenters. The van der Waals surface area contributed by atoms with Crippen LogP contribution in [0.4, 0.5) is 14.5 Å². The first-order chi connectivity index (χ1) is 12.4. The Bertz CT molecular complexity index is 1100. The van der Waals surface area contributed by atoms with Crippen LogP contribution in [0.15, 0.2) is 28.0 Å². The Labute approximate surface area is 163 Å². The van der Waals surface area contributed by atoms with E-state index < -0.39 is 36.5 Å². The molecule has 10 heteroatoms. The van der Waals surface area contributed by atoms with Crippen LogP contribution in [0.2, 0.25) is 5.02 Å². The zero-order valence-corrected chi connectivity index (χ0v) is 16.7. The van der Waals surface area contributed by atoms with E-state index in [9.17, 15) is 27.1 Å². The van der Waals surface area contributed by atoms with Crippen molar-refractivity contribution in [2.24, 2.45) is 0 Å². The first-order valence-electron chi connectivity index (χ1n) is 7.59. The van der Waals surface area contributed by atoms with Gasteiger partial charge in [-0.05, 0) is 49.4 Å². The summed E-state index contributed by atoms with van der Waals surface area (Å²) in [6.45, 7) is 3.45. The number of hydrogen-bond donors (Lipinski definition) is 2. The summed E-state index contributed by atoms with van der Waals surface area (Å²) in [4.78, 5) is 12.9. The van der Waals surface area contributed by atoms with E-state index in [0.717, 1.165) is 22.6 Å². The van der Waals surface area contributed by atoms with Crippen LogP contribution in [0, 0.1) is 13.8 Å². The average Bonchev–Trinajstić information content (AvgIpc) is 2.55. The Kier molecular flexibility index (Phi) is 4.69. The summed E-state index contributed by atoms with van der Waals surface area (Å²) in [7, 11) is -4.74. The van der Waals surface area contributed by atoms with Crippen LogP contribution in [0.5, 0.6) is 5.75 Å². The van der Waals surface area contributed by atoms with Gasteiger partial charge in [-0.1, -0.05) is 11.6 Å². The van der Waals surface area contributed by atoms with Crippen LogP contribution in [0.3, 0.4) is 0 Å². The lowest BCUT2D eigenvalue weighted by Crippen LogP contribution is -2.38. The number of sulfone groups is 1. The number of benzene rings is 2. The molecular formula is C17H14ClF2NO4S2. The Morgan fingerprint density at radius 3 is 2.52 bits per heavy atom. The second-order valence-corrected chi connectivity index (χ2v) is 9.17. The van der Waals surface area contributed by atoms with Crippen molar-refractivity contribution < 1.29 is 27.1 Å². The number of amides is 1. The van der Waals surface area contributed by atoms with E-state index in [0.29, 0.717) is 5.56 Å². The molecule has 144 valence electrons. The summed E-state index contributed by atoms with van der Waals surface area (Å²) in [5.41, 5.74) is 0.309. The molecule has 0 fully saturated rings. The number of aryl methyl sites for hydroxylation is 1. The van der Waals surface area contributed by atoms with Gasteiger partial charge in [0.1, 0.15) is 5.75 Å². The number of halogens is 3. The van der Waals surface area contributed by atoms with Gasteiger partial charge in [0, 0.05) is 4.90 Å². The molecule has 2 N–H and O–H groups in total. The van der Waals surface area contributed by atoms with Gasteiger partial charge < -0.3 is 10.4 Å². The van der Waals surface area contributed by atoms with E-state index in [1.54, 1.807) is 13.8 Å². The molecule has 0 radical (unpaired) electrons. The van der Waals surface area contributed by atoms with Gasteiger partial charge in [-0.25, -0.2) is 8.42 Å². The summed E-state index contributed by atoms with van der Waals surface area (Å²) in [5, 5.41) is 7.90. The van der Waals surface area contributed by atoms with Crippen molar-refractivity contribution >= 4 is 44.8 Å². The molecule has 5 nitrogen and oxygen atoms in total. The summed E-state index contributed by atoms with van der Waals surface area (Å²) < 4.78 is 50.8. The number of nitrogens with one attached hydrogen (secondary N) is 1. The minimum absolute atomic E-state index is 0.0110. The second-order valence-electron chi connectivity index (χ2n) is 6.02. The molecule has 0 aromatic heterocycles. The summed E-state index contributed by atoms with van der Waals surface area (Å²) in [6.07, 6.45) is 1.82. The van der Waals surface area contributed by atoms with Gasteiger partial charge in [0.25, 0.3) is 5.91 Å². The third-order valence-corrected chi connectivity index (χ3v) is 7.61. The maximum atomic E-state index is 13.9. The monoisotopic (exact) mass is 433 g/mol. The number of carbonyl (C=O) groups excluding carboxylic acids is 1. The van der Waals surface area contributed by atoms with Gasteiger partial charge in [0.05, 0.1) is 26.7 Å². The highest BCUT2D eigenvalue weighted by Gasteiger charge is 2.61. The van der Waals surface area contributed by atoms with Gasteiger partial charge in [0.2, 0.25) is 9.84 Å². The molecule has 0 atom stereocenters. The van der Waals surface area contributed by atoms with Crippen molar-refractivity contribution in [3.63, 3.8) is 0 Å². The smallest absolute Gasteiger partial charge is 0.377 e. The number of anilines is 1. The van der Waals surface area contributed by atoms with Crippen LogP contribution >= 0.6 is 23.4 Å². The van der Waals surface area contributed by atoms with E-state index >= 15 is 0 Å². The predicted molar refractivity (Wildman–Crippen MR) is 99.8 cm³/mol. The van der Waals surface area contributed by atoms with Crippen LogP contribution < -0.4 is 5.32 Å². The number of phenols is 1. The third-order valence-electron chi connectivity index (χ3n) is 4.38. The molecule has 0 aliphatic carbocycles. The maximum absolute atomic E-state index is 13.9. The van der Waals surface area contributed by atoms with Gasteiger partial charge in [0.15, 0.2) is 0 Å². The minimum atomic E-state index is -4.74. The van der Waals surface area contributed by atoms with Crippen LogP contribution in [-0.4, -0.2) is 25.7 Å². The molecule has 1 heterocycles. The van der Waals surface area contributed by atoms with Gasteiger partial charge >= 0.3 is 5.25 Å². The van der Waals surface area contributed by atoms with E-state index in [1.807, 2.05) is 6.26 Å². The fraction of sp³-hybridized carbons (Fsp3) is 0.235. The summed E-state index contributed by atoms with van der Waals surface area (Å²) >= 11 is 7.33. The zero-order valence-electron chi connectivity index (χ0n) is 14.4. The molecule has 0 saturated carbocycles. The number of carbonyl (C=O) groups is 1. The highest BCUT2D eigenvalue weighted by Crippen LogP contribution is 2.55. The fourth-order valence-electron chi connectivity index (χ4n) is 3.11. The van der Waals surface area contributed by atoms with Crippen molar-refractivity contribution in [2.75, 3.05) is 11.6 Å². The first kappa shape index (κ1) is 19.9. The van der Waals surface area contributed by atoms with E-state index in [2.05, 4.69) is 5.32 Å². The SMILES string of the molecule is CSc1c(C)cc(O)c(C(=O)Nc2ccc3c(c2Cl)C(F)(F)S3(=O)=O)c1C. The predicted octanol–water partition coefficient (Wildman–Crippen LogP) is 4.47. The first-order valence-corrected chi connectivity index (χ1v) is 10.7. The molecular weight excluding hydrogens is 420 g/mol. The van der Waals surface area contributed by atoms with Crippen molar-refractivity contribution in [1.29, 1.82) is 0 Å². The Morgan fingerprint density at radius 1 is 1.30 bits per heavy atom. The number of fused-ring (bicyclic) bond motifs is 1. The Balaban J connectivity index is 2.04. The number of alkyl halides is 2. The lowest BCUT2D eigenvalue weighted by Gasteiger charge is -2.31. The summed E-state index contributed by atoms with van der Waals surface area (Å²) in [6, 6.07) is 3.55. The molecule has 0 spiro atoms. The number of phenolic OH excluding ortho intramolecular Hbond substituents is 1. The van der Waals surface area contributed by atoms with Gasteiger partial charge in [-0.15, -0.1) is 11.8 Å². The molecule has 2 aromatic rings. The van der Waals surface area contributed by atoms with Gasteiger partial charge in [-0.3, -0.25) is 4.79 Å². The molecule has 3 rings (SSSR count). The topological polar surface area (TPSA) is 83.5 Å². The molecule has 1 aliphatic rings. The quantitative estimate of drug-likeness (QED) is 0.697. The Hall–Kier alpha value is -1.84. The van der Waals surface area contributed by atoms with Crippen LogP contribution in [0.25, 0.3) is 0 Å². The van der Waals surface area contributed by atoms with E-state index in [-0.39, 0.29) is 17.0 Å². The molecule has 27 heavy (non-hydrogen) atoms. The summed E-state index contributed by atoms with van der Waals surface area (Å²) in [5.74, 6) is -0.999. The average molecular weight is 434 g/mol. The largest absolute Gasteiger partial charge is 0.507 e. The third kappa shape index (κ3) is 2.71. The van der Waals surface area contributed by atoms with Gasteiger partial charge in [-0.2, -0.15) is 8.78 Å². The van der Waals surface area contributed by atoms with Crippen LogP contribution in [0.1, 0.15) is 27.0 Å². The number of thioether (sulfide) groups is 1. The highest BCUT2D eigenvalue weighted by molar-refractivity contribution is 7.98. The highest BCUT2D eigenvalue weighted by atomic mass is 35.5. The fourth-order valence-corrected chi connectivity index (χ4v) is 5.69. The standard InChI is InChI=1S/C17H14ClF2NO4S2/c1-7-6-10(22)12(8(2)15(7)26-3)16(23)21-9-4-5-11-13(14(9)18)17(19,20)27(11,24)25/h4-6,22H,1-3H3,(H,21,23). The van der Waals surface area contributed by atoms with Crippen molar-refractivity contribution in [1.82, 2.24) is 0 Å². The molecule has 0 saturated heterocycles. The molecule has 0 bridgehead atoms. The van der Waals surface area contributed by atoms with Crippen LogP contribution in [-0.2, 0) is 15.1 Å². The lowest BCUT2D eigenvalue weighted by atomic mass is 10.0.